The Balaban J connectivity index is 1.59. The number of ether oxygens (including phenoxy) is 1. The van der Waals surface area contributed by atoms with E-state index in [9.17, 15) is 4.79 Å². The highest BCUT2D eigenvalue weighted by molar-refractivity contribution is 5.80. The van der Waals surface area contributed by atoms with E-state index in [1.807, 2.05) is 36.4 Å². The first-order valence-corrected chi connectivity index (χ1v) is 9.10. The Kier molecular flexibility index (Phi) is 4.61. The number of carbonyl (C=O) groups excluding carboxylic acids is 1. The third-order valence-corrected chi connectivity index (χ3v) is 4.85. The Labute approximate surface area is 153 Å². The van der Waals surface area contributed by atoms with Crippen molar-refractivity contribution in [1.29, 1.82) is 0 Å². The highest BCUT2D eigenvalue weighted by Gasteiger charge is 2.29. The number of para-hydroxylation sites is 3. The molecule has 1 fully saturated rings. The molecule has 5 heteroatoms. The van der Waals surface area contributed by atoms with Crippen LogP contribution in [0.4, 0.5) is 0 Å². The molecule has 2 aromatic carbocycles. The zero-order valence-corrected chi connectivity index (χ0v) is 14.9. The van der Waals surface area contributed by atoms with Crippen molar-refractivity contribution in [3.05, 3.63) is 59.9 Å². The molecule has 26 heavy (non-hydrogen) atoms. The van der Waals surface area contributed by atoms with Gasteiger partial charge in [0.15, 0.2) is 0 Å². The van der Waals surface area contributed by atoms with Gasteiger partial charge in [-0.15, -0.1) is 0 Å². The van der Waals surface area contributed by atoms with E-state index in [0.717, 1.165) is 41.0 Å². The summed E-state index contributed by atoms with van der Waals surface area (Å²) in [6.45, 7) is 1.31. The second kappa shape index (κ2) is 7.20. The molecular weight excluding hydrogens is 326 g/mol. The molecule has 0 aliphatic heterocycles. The third-order valence-electron chi connectivity index (χ3n) is 4.85. The van der Waals surface area contributed by atoms with Gasteiger partial charge in [-0.2, -0.15) is 0 Å². The molecule has 1 aromatic heterocycles. The standard InChI is InChI=1S/C21H23N3O2/c1-26-19-9-5-2-6-16(19)14-24-18-8-4-3-7-17(18)23-20(24)12-13-22-21(25)15-10-11-15/h2-9,15H,10-14H2,1H3,(H,22,25). The van der Waals surface area contributed by atoms with Crippen LogP contribution in [0.2, 0.25) is 0 Å². The predicted octanol–water partition coefficient (Wildman–Crippen LogP) is 3.16. The van der Waals surface area contributed by atoms with Crippen LogP contribution in [0.25, 0.3) is 11.0 Å². The number of nitrogens with one attached hydrogen (secondary N) is 1. The SMILES string of the molecule is COc1ccccc1Cn1c(CCNC(=O)C2CC2)nc2ccccc21. The lowest BCUT2D eigenvalue weighted by molar-refractivity contribution is -0.122. The molecular formula is C21H23N3O2. The smallest absolute Gasteiger partial charge is 0.223 e. The van der Waals surface area contributed by atoms with E-state index in [0.29, 0.717) is 19.5 Å². The Morgan fingerprint density at radius 2 is 1.96 bits per heavy atom. The minimum Gasteiger partial charge on any atom is -0.496 e. The van der Waals surface area contributed by atoms with E-state index < -0.39 is 0 Å². The average Bonchev–Trinajstić information content (AvgIpc) is 3.47. The molecule has 4 rings (SSSR count). The van der Waals surface area contributed by atoms with Gasteiger partial charge in [0.1, 0.15) is 11.6 Å². The van der Waals surface area contributed by atoms with Gasteiger partial charge in [0.25, 0.3) is 0 Å². The minimum absolute atomic E-state index is 0.178. The van der Waals surface area contributed by atoms with E-state index in [1.165, 1.54) is 0 Å². The van der Waals surface area contributed by atoms with Crippen LogP contribution in [-0.4, -0.2) is 29.1 Å². The Bertz CT molecular complexity index is 928. The molecule has 0 spiro atoms. The molecule has 1 aliphatic carbocycles. The Morgan fingerprint density at radius 1 is 1.19 bits per heavy atom. The van der Waals surface area contributed by atoms with Crippen LogP contribution in [0.1, 0.15) is 24.2 Å². The highest BCUT2D eigenvalue weighted by atomic mass is 16.5. The summed E-state index contributed by atoms with van der Waals surface area (Å²) in [6.07, 6.45) is 2.76. The summed E-state index contributed by atoms with van der Waals surface area (Å²) in [5.41, 5.74) is 3.19. The summed E-state index contributed by atoms with van der Waals surface area (Å²) in [5.74, 6) is 2.27. The first-order chi connectivity index (χ1) is 12.8. The number of hydrogen-bond donors (Lipinski definition) is 1. The van der Waals surface area contributed by atoms with Crippen LogP contribution >= 0.6 is 0 Å². The lowest BCUT2D eigenvalue weighted by atomic mass is 10.2. The van der Waals surface area contributed by atoms with E-state index in [2.05, 4.69) is 22.0 Å². The molecule has 1 amide bonds. The maximum absolute atomic E-state index is 11.9. The molecule has 134 valence electrons. The number of rotatable bonds is 7. The predicted molar refractivity (Wildman–Crippen MR) is 101 cm³/mol. The van der Waals surface area contributed by atoms with Crippen LogP contribution in [0.15, 0.2) is 48.5 Å². The number of fused-ring (bicyclic) bond motifs is 1. The first kappa shape index (κ1) is 16.6. The summed E-state index contributed by atoms with van der Waals surface area (Å²) < 4.78 is 7.72. The van der Waals surface area contributed by atoms with Gasteiger partial charge in [-0.1, -0.05) is 30.3 Å². The number of nitrogens with zero attached hydrogens (tertiary/aromatic N) is 2. The van der Waals surface area contributed by atoms with Crippen molar-refractivity contribution < 1.29 is 9.53 Å². The van der Waals surface area contributed by atoms with Crippen molar-refractivity contribution >= 4 is 16.9 Å². The number of hydrogen-bond acceptors (Lipinski definition) is 3. The summed E-state index contributed by atoms with van der Waals surface area (Å²) in [7, 11) is 1.69. The molecule has 0 unspecified atom stereocenters. The average molecular weight is 349 g/mol. The molecule has 3 aromatic rings. The largest absolute Gasteiger partial charge is 0.496 e. The van der Waals surface area contributed by atoms with Gasteiger partial charge in [-0.25, -0.2) is 4.98 Å². The maximum atomic E-state index is 11.9. The van der Waals surface area contributed by atoms with Crippen molar-refractivity contribution in [2.75, 3.05) is 13.7 Å². The van der Waals surface area contributed by atoms with Crippen LogP contribution in [-0.2, 0) is 17.8 Å². The fourth-order valence-corrected chi connectivity index (χ4v) is 3.28. The zero-order valence-electron chi connectivity index (χ0n) is 14.9. The monoisotopic (exact) mass is 349 g/mol. The van der Waals surface area contributed by atoms with Crippen LogP contribution in [0.3, 0.4) is 0 Å². The number of carbonyl (C=O) groups is 1. The second-order valence-electron chi connectivity index (χ2n) is 6.73. The van der Waals surface area contributed by atoms with Crippen molar-refractivity contribution in [2.45, 2.75) is 25.8 Å². The van der Waals surface area contributed by atoms with Crippen LogP contribution in [0.5, 0.6) is 5.75 Å². The molecule has 5 nitrogen and oxygen atoms in total. The molecule has 1 aliphatic rings. The molecule has 0 bridgehead atoms. The number of aromatic nitrogens is 2. The van der Waals surface area contributed by atoms with Gasteiger partial charge < -0.3 is 14.6 Å². The van der Waals surface area contributed by atoms with E-state index in [4.69, 9.17) is 9.72 Å². The lowest BCUT2D eigenvalue weighted by Gasteiger charge is -2.13. The summed E-state index contributed by atoms with van der Waals surface area (Å²) in [5, 5.41) is 3.03. The topological polar surface area (TPSA) is 56.1 Å². The third kappa shape index (κ3) is 3.43. The van der Waals surface area contributed by atoms with Gasteiger partial charge in [0.05, 0.1) is 24.7 Å². The number of benzene rings is 2. The van der Waals surface area contributed by atoms with Crippen molar-refractivity contribution in [1.82, 2.24) is 14.9 Å². The van der Waals surface area contributed by atoms with E-state index in [-0.39, 0.29) is 11.8 Å². The van der Waals surface area contributed by atoms with Crippen molar-refractivity contribution in [3.63, 3.8) is 0 Å². The number of imidazole rings is 1. The molecule has 0 atom stereocenters. The first-order valence-electron chi connectivity index (χ1n) is 9.10. The van der Waals surface area contributed by atoms with Gasteiger partial charge in [-0.05, 0) is 31.0 Å². The Morgan fingerprint density at radius 3 is 2.77 bits per heavy atom. The van der Waals surface area contributed by atoms with Gasteiger partial charge in [-0.3, -0.25) is 4.79 Å². The van der Waals surface area contributed by atoms with Crippen molar-refractivity contribution in [2.24, 2.45) is 5.92 Å². The van der Waals surface area contributed by atoms with Gasteiger partial charge >= 0.3 is 0 Å². The van der Waals surface area contributed by atoms with Crippen LogP contribution < -0.4 is 10.1 Å². The summed E-state index contributed by atoms with van der Waals surface area (Å²) in [4.78, 5) is 16.7. The summed E-state index contributed by atoms with van der Waals surface area (Å²) >= 11 is 0. The van der Waals surface area contributed by atoms with Gasteiger partial charge in [0.2, 0.25) is 5.91 Å². The van der Waals surface area contributed by atoms with E-state index >= 15 is 0 Å². The minimum atomic E-state index is 0.178. The second-order valence-corrected chi connectivity index (χ2v) is 6.73. The molecule has 0 saturated heterocycles. The maximum Gasteiger partial charge on any atom is 0.223 e. The molecule has 0 radical (unpaired) electrons. The van der Waals surface area contributed by atoms with Gasteiger partial charge in [0, 0.05) is 24.4 Å². The van der Waals surface area contributed by atoms with E-state index in [1.54, 1.807) is 7.11 Å². The number of amides is 1. The molecule has 1 heterocycles. The normalized spacial score (nSPS) is 13.7. The fourth-order valence-electron chi connectivity index (χ4n) is 3.28. The number of methoxy groups -OCH3 is 1. The van der Waals surface area contributed by atoms with Crippen molar-refractivity contribution in [3.8, 4) is 5.75 Å². The quantitative estimate of drug-likeness (QED) is 0.713. The summed E-state index contributed by atoms with van der Waals surface area (Å²) in [6, 6.07) is 16.2. The van der Waals surface area contributed by atoms with Crippen LogP contribution in [0, 0.1) is 5.92 Å². The highest BCUT2D eigenvalue weighted by Crippen LogP contribution is 2.28. The lowest BCUT2D eigenvalue weighted by Crippen LogP contribution is -2.27. The zero-order chi connectivity index (χ0) is 17.9. The fraction of sp³-hybridized carbons (Fsp3) is 0.333. The molecule has 1 saturated carbocycles. The molecule has 1 N–H and O–H groups in total. The Hall–Kier alpha value is -2.82.